The second-order valence-electron chi connectivity index (χ2n) is 5.84. The van der Waals surface area contributed by atoms with E-state index in [4.69, 9.17) is 0 Å². The van der Waals surface area contributed by atoms with Crippen LogP contribution < -0.4 is 0 Å². The first-order chi connectivity index (χ1) is 9.35. The molecule has 3 rings (SSSR count). The summed E-state index contributed by atoms with van der Waals surface area (Å²) in [7, 11) is 0. The predicted octanol–water partition coefficient (Wildman–Crippen LogP) is 2.77. The molecule has 0 bridgehead atoms. The quantitative estimate of drug-likeness (QED) is 0.845. The lowest BCUT2D eigenvalue weighted by molar-refractivity contribution is 0.0930. The molecule has 3 nitrogen and oxygen atoms in total. The highest BCUT2D eigenvalue weighted by Crippen LogP contribution is 2.24. The van der Waals surface area contributed by atoms with Gasteiger partial charge in [-0.05, 0) is 19.3 Å². The summed E-state index contributed by atoms with van der Waals surface area (Å²) in [4.78, 5) is 9.98. The predicted molar refractivity (Wildman–Crippen MR) is 80.6 cm³/mol. The first-order valence-corrected chi connectivity index (χ1v) is 8.63. The van der Waals surface area contributed by atoms with Crippen LogP contribution >= 0.6 is 11.3 Å². The van der Waals surface area contributed by atoms with Gasteiger partial charge < -0.3 is 0 Å². The van der Waals surface area contributed by atoms with Crippen molar-refractivity contribution in [3.8, 4) is 0 Å². The molecule has 0 radical (unpaired) electrons. The molecule has 1 aromatic heterocycles. The molecule has 2 heterocycles. The molecule has 0 spiro atoms. The van der Waals surface area contributed by atoms with Crippen molar-refractivity contribution in [1.82, 2.24) is 14.8 Å². The molecule has 1 aliphatic carbocycles. The largest absolute Gasteiger partial charge is 0.298 e. The van der Waals surface area contributed by atoms with Gasteiger partial charge in [-0.1, -0.05) is 19.8 Å². The van der Waals surface area contributed by atoms with Gasteiger partial charge in [-0.2, -0.15) is 0 Å². The van der Waals surface area contributed by atoms with Crippen molar-refractivity contribution < 1.29 is 0 Å². The highest BCUT2D eigenvalue weighted by molar-refractivity contribution is 7.09. The summed E-state index contributed by atoms with van der Waals surface area (Å²) in [5.74, 6) is 0. The van der Waals surface area contributed by atoms with E-state index in [1.807, 2.05) is 11.3 Å². The van der Waals surface area contributed by atoms with Crippen LogP contribution in [0, 0.1) is 0 Å². The average molecular weight is 279 g/mol. The Morgan fingerprint density at radius 2 is 1.95 bits per heavy atom. The molecule has 106 valence electrons. The van der Waals surface area contributed by atoms with Gasteiger partial charge in [0, 0.05) is 44.1 Å². The number of piperazine rings is 1. The van der Waals surface area contributed by atoms with E-state index in [0.717, 1.165) is 19.0 Å². The molecule has 19 heavy (non-hydrogen) atoms. The van der Waals surface area contributed by atoms with Crippen molar-refractivity contribution >= 4 is 11.3 Å². The molecule has 2 aliphatic rings. The maximum atomic E-state index is 4.68. The molecule has 1 aliphatic heterocycles. The Kier molecular flexibility index (Phi) is 4.51. The molecule has 0 atom stereocenters. The minimum Gasteiger partial charge on any atom is -0.298 e. The van der Waals surface area contributed by atoms with Crippen LogP contribution in [0.25, 0.3) is 0 Å². The smallest absolute Gasteiger partial charge is 0.0926 e. The number of nitrogens with zero attached hydrogens (tertiary/aromatic N) is 3. The molecule has 2 fully saturated rings. The van der Waals surface area contributed by atoms with Gasteiger partial charge in [0.05, 0.1) is 10.7 Å². The maximum absolute atomic E-state index is 4.68. The summed E-state index contributed by atoms with van der Waals surface area (Å²) in [6.45, 7) is 8.19. The third kappa shape index (κ3) is 3.36. The Bertz CT molecular complexity index is 390. The summed E-state index contributed by atoms with van der Waals surface area (Å²) in [6, 6.07) is 0.896. The first-order valence-electron chi connectivity index (χ1n) is 7.75. The van der Waals surface area contributed by atoms with E-state index in [2.05, 4.69) is 27.1 Å². The summed E-state index contributed by atoms with van der Waals surface area (Å²) < 4.78 is 0. The molecular formula is C15H25N3S. The van der Waals surface area contributed by atoms with E-state index < -0.39 is 0 Å². The second kappa shape index (κ2) is 6.33. The maximum Gasteiger partial charge on any atom is 0.0926 e. The van der Waals surface area contributed by atoms with Gasteiger partial charge in [0.25, 0.3) is 0 Å². The highest BCUT2D eigenvalue weighted by Gasteiger charge is 2.26. The molecule has 0 amide bonds. The molecule has 1 saturated carbocycles. The Hall–Kier alpha value is -0.450. The first kappa shape index (κ1) is 13.5. The van der Waals surface area contributed by atoms with Crippen LogP contribution in [0.4, 0.5) is 0 Å². The number of rotatable bonds is 4. The van der Waals surface area contributed by atoms with E-state index in [1.165, 1.54) is 62.6 Å². The standard InChI is InChI=1S/C15H25N3S/c1-2-15-16-13(12-19-15)11-17-7-9-18(10-8-17)14-5-3-4-6-14/h12,14H,2-11H2,1H3. The topological polar surface area (TPSA) is 19.4 Å². The van der Waals surface area contributed by atoms with Gasteiger partial charge in [0.2, 0.25) is 0 Å². The summed E-state index contributed by atoms with van der Waals surface area (Å²) in [5.41, 5.74) is 1.27. The number of thiazole rings is 1. The lowest BCUT2D eigenvalue weighted by Crippen LogP contribution is -2.49. The number of hydrogen-bond acceptors (Lipinski definition) is 4. The normalized spacial score (nSPS) is 23.2. The van der Waals surface area contributed by atoms with E-state index >= 15 is 0 Å². The zero-order chi connectivity index (χ0) is 13.1. The van der Waals surface area contributed by atoms with Crippen molar-refractivity contribution in [1.29, 1.82) is 0 Å². The molecular weight excluding hydrogens is 254 g/mol. The van der Waals surface area contributed by atoms with E-state index in [0.29, 0.717) is 0 Å². The van der Waals surface area contributed by atoms with Gasteiger partial charge in [0.15, 0.2) is 0 Å². The minimum atomic E-state index is 0.896. The van der Waals surface area contributed by atoms with Crippen molar-refractivity contribution in [2.24, 2.45) is 0 Å². The minimum absolute atomic E-state index is 0.896. The third-order valence-electron chi connectivity index (χ3n) is 4.54. The zero-order valence-corrected chi connectivity index (χ0v) is 12.8. The van der Waals surface area contributed by atoms with Crippen LogP contribution in [0.3, 0.4) is 0 Å². The van der Waals surface area contributed by atoms with Crippen molar-refractivity contribution in [2.75, 3.05) is 26.2 Å². The van der Waals surface area contributed by atoms with Crippen LogP contribution in [0.5, 0.6) is 0 Å². The Balaban J connectivity index is 1.47. The van der Waals surface area contributed by atoms with Crippen molar-refractivity contribution in [2.45, 2.75) is 51.6 Å². The fraction of sp³-hybridized carbons (Fsp3) is 0.800. The molecule has 0 unspecified atom stereocenters. The van der Waals surface area contributed by atoms with Crippen LogP contribution in [0.15, 0.2) is 5.38 Å². The average Bonchev–Trinajstić information content (AvgIpc) is 3.10. The molecule has 4 heteroatoms. The van der Waals surface area contributed by atoms with Crippen LogP contribution in [-0.2, 0) is 13.0 Å². The van der Waals surface area contributed by atoms with E-state index in [1.54, 1.807) is 0 Å². The van der Waals surface area contributed by atoms with Crippen molar-refractivity contribution in [3.05, 3.63) is 16.1 Å². The van der Waals surface area contributed by atoms with Gasteiger partial charge >= 0.3 is 0 Å². The number of aryl methyl sites for hydroxylation is 1. The lowest BCUT2D eigenvalue weighted by atomic mass is 10.2. The monoisotopic (exact) mass is 279 g/mol. The van der Waals surface area contributed by atoms with E-state index in [9.17, 15) is 0 Å². The fourth-order valence-electron chi connectivity index (χ4n) is 3.37. The Morgan fingerprint density at radius 1 is 1.21 bits per heavy atom. The van der Waals surface area contributed by atoms with E-state index in [-0.39, 0.29) is 0 Å². The Morgan fingerprint density at radius 3 is 2.58 bits per heavy atom. The molecule has 1 aromatic rings. The second-order valence-corrected chi connectivity index (χ2v) is 6.78. The molecule has 1 saturated heterocycles. The summed E-state index contributed by atoms with van der Waals surface area (Å²) in [6.07, 6.45) is 6.84. The van der Waals surface area contributed by atoms with Gasteiger partial charge in [-0.3, -0.25) is 9.80 Å². The Labute approximate surface area is 120 Å². The van der Waals surface area contributed by atoms with Crippen LogP contribution in [0.2, 0.25) is 0 Å². The SMILES string of the molecule is CCc1nc(CN2CCN(C3CCCC3)CC2)cs1. The van der Waals surface area contributed by atoms with Gasteiger partial charge in [-0.25, -0.2) is 4.98 Å². The third-order valence-corrected chi connectivity index (χ3v) is 5.58. The fourth-order valence-corrected chi connectivity index (χ4v) is 4.10. The number of hydrogen-bond donors (Lipinski definition) is 0. The van der Waals surface area contributed by atoms with Gasteiger partial charge in [0.1, 0.15) is 0 Å². The van der Waals surface area contributed by atoms with Crippen molar-refractivity contribution in [3.63, 3.8) is 0 Å². The summed E-state index contributed by atoms with van der Waals surface area (Å²) >= 11 is 1.81. The summed E-state index contributed by atoms with van der Waals surface area (Å²) in [5, 5.41) is 3.52. The van der Waals surface area contributed by atoms with Gasteiger partial charge in [-0.15, -0.1) is 11.3 Å². The number of aromatic nitrogens is 1. The lowest BCUT2D eigenvalue weighted by Gasteiger charge is -2.37. The van der Waals surface area contributed by atoms with Crippen LogP contribution in [-0.4, -0.2) is 47.0 Å². The molecule has 0 N–H and O–H groups in total. The molecule has 0 aromatic carbocycles. The van der Waals surface area contributed by atoms with Crippen LogP contribution in [0.1, 0.15) is 43.3 Å². The zero-order valence-electron chi connectivity index (χ0n) is 12.0. The highest BCUT2D eigenvalue weighted by atomic mass is 32.1.